The Morgan fingerprint density at radius 2 is 1.38 bits per heavy atom. The van der Waals surface area contributed by atoms with E-state index in [2.05, 4.69) is 0 Å². The van der Waals surface area contributed by atoms with E-state index < -0.39 is 19.0 Å². The number of aliphatic imine (C=N–C) groups is 1. The van der Waals surface area contributed by atoms with Crippen molar-refractivity contribution in [2.45, 2.75) is 58.8 Å². The first-order valence-corrected chi connectivity index (χ1v) is 12.6. The van der Waals surface area contributed by atoms with Crippen molar-refractivity contribution in [3.05, 3.63) is 71.8 Å². The minimum absolute atomic E-state index is 0.0481. The van der Waals surface area contributed by atoms with Crippen LogP contribution in [-0.4, -0.2) is 36.3 Å². The number of carbonyl (C=O) groups excluding carboxylic acids is 1. The van der Waals surface area contributed by atoms with Crippen LogP contribution in [0, 0.1) is 0 Å². The topological polar surface area (TPSA) is 74.2 Å². The smallest absolute Gasteiger partial charge is 0.354 e. The molecule has 0 saturated heterocycles. The average molecular weight is 460 g/mol. The van der Waals surface area contributed by atoms with Crippen LogP contribution in [0.25, 0.3) is 0 Å². The first-order valence-electron chi connectivity index (χ1n) is 11.0. The van der Waals surface area contributed by atoms with Gasteiger partial charge in [0.15, 0.2) is 5.78 Å². The third kappa shape index (κ3) is 8.01. The maximum absolute atomic E-state index is 13.7. The van der Waals surface area contributed by atoms with Crippen molar-refractivity contribution in [1.82, 2.24) is 0 Å². The van der Waals surface area contributed by atoms with E-state index in [9.17, 15) is 9.36 Å². The number of ether oxygens (including phenoxy) is 1. The predicted molar refractivity (Wildman–Crippen MR) is 128 cm³/mol. The molecular formula is C25H34NO5P. The lowest BCUT2D eigenvalue weighted by atomic mass is 10.0. The Morgan fingerprint density at radius 1 is 0.906 bits per heavy atom. The standard InChI is InChI=1S/C25H34NO5P/c1-6-29-32(28,30-7-2)22(18-19-23(27)31-25(3,4)5)26-24(20-14-10-8-11-15-20)21-16-12-9-13-17-21/h8-17,22H,6-7,18-19H2,1-5H3. The first kappa shape index (κ1) is 26.0. The summed E-state index contributed by atoms with van der Waals surface area (Å²) in [5, 5.41) is 0. The lowest BCUT2D eigenvalue weighted by molar-refractivity contribution is -0.154. The van der Waals surface area contributed by atoms with Gasteiger partial charge in [0.1, 0.15) is 5.60 Å². The fourth-order valence-corrected chi connectivity index (χ4v) is 5.00. The minimum Gasteiger partial charge on any atom is -0.460 e. The number of rotatable bonds is 11. The number of hydrogen-bond donors (Lipinski definition) is 0. The van der Waals surface area contributed by atoms with E-state index in [-0.39, 0.29) is 32.0 Å². The second-order valence-corrected chi connectivity index (χ2v) is 10.4. The third-order valence-corrected chi connectivity index (χ3v) is 6.72. The highest BCUT2D eigenvalue weighted by Gasteiger charge is 2.36. The van der Waals surface area contributed by atoms with Crippen LogP contribution in [-0.2, 0) is 23.1 Å². The molecule has 0 saturated carbocycles. The van der Waals surface area contributed by atoms with Crippen LogP contribution in [0.15, 0.2) is 65.7 Å². The van der Waals surface area contributed by atoms with Gasteiger partial charge in [-0.05, 0) is 41.0 Å². The summed E-state index contributed by atoms with van der Waals surface area (Å²) in [5.41, 5.74) is 1.82. The highest BCUT2D eigenvalue weighted by Crippen LogP contribution is 2.55. The van der Waals surface area contributed by atoms with Crippen molar-refractivity contribution in [3.63, 3.8) is 0 Å². The van der Waals surface area contributed by atoms with Crippen LogP contribution in [0.4, 0.5) is 0 Å². The minimum atomic E-state index is -3.63. The van der Waals surface area contributed by atoms with Crippen molar-refractivity contribution in [2.24, 2.45) is 4.99 Å². The van der Waals surface area contributed by atoms with Crippen molar-refractivity contribution < 1.29 is 23.1 Å². The quantitative estimate of drug-likeness (QED) is 0.226. The molecule has 174 valence electrons. The molecule has 0 heterocycles. The van der Waals surface area contributed by atoms with Crippen molar-refractivity contribution in [1.29, 1.82) is 0 Å². The van der Waals surface area contributed by atoms with Crippen LogP contribution in [0.2, 0.25) is 0 Å². The molecule has 6 nitrogen and oxygen atoms in total. The molecule has 1 atom stereocenters. The zero-order chi connectivity index (χ0) is 23.6. The molecular weight excluding hydrogens is 425 g/mol. The normalized spacial score (nSPS) is 12.8. The monoisotopic (exact) mass is 459 g/mol. The molecule has 0 N–H and O–H groups in total. The number of esters is 1. The number of carbonyl (C=O) groups is 1. The van der Waals surface area contributed by atoms with Gasteiger partial charge in [-0.25, -0.2) is 0 Å². The Balaban J connectivity index is 2.50. The van der Waals surface area contributed by atoms with Gasteiger partial charge in [-0.15, -0.1) is 0 Å². The van der Waals surface area contributed by atoms with E-state index in [1.165, 1.54) is 0 Å². The summed E-state index contributed by atoms with van der Waals surface area (Å²) in [4.78, 5) is 17.3. The van der Waals surface area contributed by atoms with Gasteiger partial charge in [-0.3, -0.25) is 14.4 Å². The zero-order valence-corrected chi connectivity index (χ0v) is 20.5. The Labute approximate surface area is 191 Å². The van der Waals surface area contributed by atoms with E-state index >= 15 is 0 Å². The van der Waals surface area contributed by atoms with E-state index in [0.717, 1.165) is 11.1 Å². The SMILES string of the molecule is CCOP(=O)(OCC)C(CCC(=O)OC(C)(C)C)N=C(c1ccccc1)c1ccccc1. The number of hydrogen-bond acceptors (Lipinski definition) is 6. The van der Waals surface area contributed by atoms with Crippen molar-refractivity contribution in [3.8, 4) is 0 Å². The van der Waals surface area contributed by atoms with Crippen LogP contribution < -0.4 is 0 Å². The Morgan fingerprint density at radius 3 is 1.78 bits per heavy atom. The number of nitrogens with zero attached hydrogens (tertiary/aromatic N) is 1. The van der Waals surface area contributed by atoms with Crippen molar-refractivity contribution in [2.75, 3.05) is 13.2 Å². The zero-order valence-electron chi connectivity index (χ0n) is 19.6. The van der Waals surface area contributed by atoms with E-state index in [1.807, 2.05) is 81.4 Å². The Kier molecular flexibility index (Phi) is 9.83. The molecule has 0 aliphatic rings. The van der Waals surface area contributed by atoms with E-state index in [0.29, 0.717) is 5.71 Å². The van der Waals surface area contributed by atoms with Gasteiger partial charge in [0.2, 0.25) is 0 Å². The molecule has 0 aliphatic carbocycles. The van der Waals surface area contributed by atoms with Crippen LogP contribution in [0.5, 0.6) is 0 Å². The van der Waals surface area contributed by atoms with Crippen molar-refractivity contribution >= 4 is 19.3 Å². The fraction of sp³-hybridized carbons (Fsp3) is 0.440. The lowest BCUT2D eigenvalue weighted by Gasteiger charge is -2.25. The van der Waals surface area contributed by atoms with E-state index in [4.69, 9.17) is 18.8 Å². The summed E-state index contributed by atoms with van der Waals surface area (Å²) in [5.74, 6) is -1.23. The maximum Gasteiger partial charge on any atom is 0.354 e. The Bertz CT molecular complexity index is 871. The van der Waals surface area contributed by atoms with Gasteiger partial charge < -0.3 is 13.8 Å². The van der Waals surface area contributed by atoms with Gasteiger partial charge in [0.25, 0.3) is 0 Å². The van der Waals surface area contributed by atoms with E-state index in [1.54, 1.807) is 13.8 Å². The van der Waals surface area contributed by atoms with Gasteiger partial charge in [0, 0.05) is 17.5 Å². The summed E-state index contributed by atoms with van der Waals surface area (Å²) in [6.07, 6.45) is 0.224. The molecule has 0 spiro atoms. The highest BCUT2D eigenvalue weighted by atomic mass is 31.2. The summed E-state index contributed by atoms with van der Waals surface area (Å²) >= 11 is 0. The number of benzene rings is 2. The second-order valence-electron chi connectivity index (χ2n) is 8.19. The molecule has 0 aliphatic heterocycles. The largest absolute Gasteiger partial charge is 0.460 e. The molecule has 1 unspecified atom stereocenters. The third-order valence-electron chi connectivity index (χ3n) is 4.38. The summed E-state index contributed by atoms with van der Waals surface area (Å²) in [6, 6.07) is 19.3. The van der Waals surface area contributed by atoms with Crippen LogP contribution in [0.3, 0.4) is 0 Å². The van der Waals surface area contributed by atoms with Gasteiger partial charge in [0.05, 0.1) is 18.9 Å². The average Bonchev–Trinajstić information content (AvgIpc) is 2.74. The van der Waals surface area contributed by atoms with Crippen LogP contribution in [0.1, 0.15) is 58.6 Å². The summed E-state index contributed by atoms with van der Waals surface area (Å²) in [7, 11) is -3.63. The van der Waals surface area contributed by atoms with Gasteiger partial charge >= 0.3 is 13.6 Å². The molecule has 0 amide bonds. The highest BCUT2D eigenvalue weighted by molar-refractivity contribution is 7.54. The molecule has 32 heavy (non-hydrogen) atoms. The molecule has 0 radical (unpaired) electrons. The second kappa shape index (κ2) is 12.1. The maximum atomic E-state index is 13.7. The molecule has 0 fully saturated rings. The molecule has 7 heteroatoms. The van der Waals surface area contributed by atoms with Crippen LogP contribution >= 0.6 is 7.60 Å². The molecule has 0 bridgehead atoms. The molecule has 2 aromatic rings. The molecule has 2 aromatic carbocycles. The predicted octanol–water partition coefficient (Wildman–Crippen LogP) is 6.24. The fourth-order valence-electron chi connectivity index (χ4n) is 3.16. The summed E-state index contributed by atoms with van der Waals surface area (Å²) in [6.45, 7) is 9.38. The molecule has 2 rings (SSSR count). The van der Waals surface area contributed by atoms with Gasteiger partial charge in [-0.2, -0.15) is 0 Å². The molecule has 0 aromatic heterocycles. The summed E-state index contributed by atoms with van der Waals surface area (Å²) < 4.78 is 30.4. The Hall–Kier alpha value is -2.27. The first-order chi connectivity index (χ1) is 15.2. The lowest BCUT2D eigenvalue weighted by Crippen LogP contribution is -2.25. The van der Waals surface area contributed by atoms with Gasteiger partial charge in [-0.1, -0.05) is 60.7 Å².